The number of urea groups is 1. The van der Waals surface area contributed by atoms with Gasteiger partial charge in [-0.25, -0.2) is 4.79 Å². The predicted octanol–water partition coefficient (Wildman–Crippen LogP) is 1.34. The van der Waals surface area contributed by atoms with Crippen LogP contribution in [0.15, 0.2) is 18.5 Å². The van der Waals surface area contributed by atoms with Crippen molar-refractivity contribution < 1.29 is 9.53 Å². The van der Waals surface area contributed by atoms with Crippen LogP contribution in [0.25, 0.3) is 0 Å². The van der Waals surface area contributed by atoms with Gasteiger partial charge in [0.2, 0.25) is 0 Å². The first-order valence-electron chi connectivity index (χ1n) is 7.29. The number of carbonyl (C=O) groups excluding carboxylic acids is 1. The van der Waals surface area contributed by atoms with Gasteiger partial charge in [-0.2, -0.15) is 5.10 Å². The maximum Gasteiger partial charge on any atom is 0.317 e. The van der Waals surface area contributed by atoms with Crippen LogP contribution in [0.1, 0.15) is 20.3 Å². The Balaban J connectivity index is 1.78. The summed E-state index contributed by atoms with van der Waals surface area (Å²) in [6.07, 6.45) is 4.69. The minimum Gasteiger partial charge on any atom is -0.381 e. The molecule has 1 N–H and O–H groups in total. The molecule has 1 aromatic rings. The Labute approximate surface area is 120 Å². The lowest BCUT2D eigenvalue weighted by atomic mass is 10.1. The molecule has 0 saturated carbocycles. The van der Waals surface area contributed by atoms with Crippen LogP contribution in [0.2, 0.25) is 0 Å². The van der Waals surface area contributed by atoms with Crippen molar-refractivity contribution in [3.05, 3.63) is 18.5 Å². The monoisotopic (exact) mass is 280 g/mol. The Morgan fingerprint density at radius 1 is 1.65 bits per heavy atom. The molecule has 0 aromatic carbocycles. The molecule has 1 fully saturated rings. The Kier molecular flexibility index (Phi) is 5.40. The van der Waals surface area contributed by atoms with E-state index in [1.807, 2.05) is 35.7 Å². The minimum atomic E-state index is -0.000874. The third-order valence-corrected chi connectivity index (χ3v) is 3.56. The van der Waals surface area contributed by atoms with Crippen molar-refractivity contribution in [2.24, 2.45) is 5.92 Å². The summed E-state index contributed by atoms with van der Waals surface area (Å²) < 4.78 is 7.19. The number of amides is 2. The van der Waals surface area contributed by atoms with Gasteiger partial charge >= 0.3 is 6.03 Å². The van der Waals surface area contributed by atoms with E-state index in [4.69, 9.17) is 4.74 Å². The average molecular weight is 280 g/mol. The molecule has 6 heteroatoms. The van der Waals surface area contributed by atoms with E-state index < -0.39 is 0 Å². The zero-order valence-corrected chi connectivity index (χ0v) is 12.3. The average Bonchev–Trinajstić information content (AvgIpc) is 3.08. The number of hydrogen-bond acceptors (Lipinski definition) is 3. The van der Waals surface area contributed by atoms with E-state index in [-0.39, 0.29) is 12.1 Å². The van der Waals surface area contributed by atoms with E-state index in [9.17, 15) is 4.79 Å². The summed E-state index contributed by atoms with van der Waals surface area (Å²) >= 11 is 0. The molecule has 1 aliphatic rings. The molecule has 2 atom stereocenters. The molecule has 6 nitrogen and oxygen atoms in total. The molecule has 0 aliphatic carbocycles. The van der Waals surface area contributed by atoms with E-state index in [1.54, 1.807) is 6.20 Å². The van der Waals surface area contributed by atoms with Crippen molar-refractivity contribution in [2.45, 2.75) is 32.9 Å². The quantitative estimate of drug-likeness (QED) is 0.855. The largest absolute Gasteiger partial charge is 0.381 e. The Hall–Kier alpha value is -1.56. The first-order valence-corrected chi connectivity index (χ1v) is 7.29. The first kappa shape index (κ1) is 14.8. The number of aromatic nitrogens is 2. The van der Waals surface area contributed by atoms with Crippen LogP contribution in [0.5, 0.6) is 0 Å². The molecule has 112 valence electrons. The van der Waals surface area contributed by atoms with E-state index in [1.165, 1.54) is 0 Å². The van der Waals surface area contributed by atoms with Crippen LogP contribution >= 0.6 is 0 Å². The highest BCUT2D eigenvalue weighted by Crippen LogP contribution is 2.13. The Bertz CT molecular complexity index is 401. The summed E-state index contributed by atoms with van der Waals surface area (Å²) in [6, 6.07) is 1.93. The van der Waals surface area contributed by atoms with Crippen LogP contribution in [0.3, 0.4) is 0 Å². The van der Waals surface area contributed by atoms with Gasteiger partial charge in [0.1, 0.15) is 0 Å². The van der Waals surface area contributed by atoms with Crippen LogP contribution in [-0.2, 0) is 11.3 Å². The number of nitrogens with zero attached hydrogens (tertiary/aromatic N) is 3. The molecule has 0 spiro atoms. The summed E-state index contributed by atoms with van der Waals surface area (Å²) in [4.78, 5) is 14.1. The summed E-state index contributed by atoms with van der Waals surface area (Å²) in [6.45, 7) is 7.77. The second-order valence-corrected chi connectivity index (χ2v) is 5.35. The molecule has 0 bridgehead atoms. The summed E-state index contributed by atoms with van der Waals surface area (Å²) in [5.74, 6) is 0.474. The van der Waals surface area contributed by atoms with Gasteiger partial charge in [0, 0.05) is 44.0 Å². The van der Waals surface area contributed by atoms with Crippen molar-refractivity contribution in [3.8, 4) is 0 Å². The number of carbonyl (C=O) groups is 1. The summed E-state index contributed by atoms with van der Waals surface area (Å²) in [5, 5.41) is 7.18. The molecule has 2 heterocycles. The maximum absolute atomic E-state index is 12.2. The van der Waals surface area contributed by atoms with Gasteiger partial charge in [0.05, 0.1) is 13.2 Å². The van der Waals surface area contributed by atoms with Crippen LogP contribution in [-0.4, -0.2) is 53.1 Å². The summed E-state index contributed by atoms with van der Waals surface area (Å²) in [5.41, 5.74) is 0. The molecule has 20 heavy (non-hydrogen) atoms. The SMILES string of the molecule is CCN(C[C@H]1CCOC1)C(=O)N[C@@H](C)Cn1cccn1. The van der Waals surface area contributed by atoms with E-state index in [0.717, 1.165) is 32.7 Å². The zero-order chi connectivity index (χ0) is 14.4. The molecule has 2 amide bonds. The highest BCUT2D eigenvalue weighted by atomic mass is 16.5. The first-order chi connectivity index (χ1) is 9.69. The van der Waals surface area contributed by atoms with Crippen molar-refractivity contribution in [3.63, 3.8) is 0 Å². The highest BCUT2D eigenvalue weighted by Gasteiger charge is 2.22. The van der Waals surface area contributed by atoms with E-state index in [0.29, 0.717) is 12.5 Å². The molecule has 0 unspecified atom stereocenters. The second-order valence-electron chi connectivity index (χ2n) is 5.35. The van der Waals surface area contributed by atoms with Crippen molar-refractivity contribution in [1.82, 2.24) is 20.0 Å². The Morgan fingerprint density at radius 3 is 3.10 bits per heavy atom. The van der Waals surface area contributed by atoms with Gasteiger partial charge in [-0.15, -0.1) is 0 Å². The van der Waals surface area contributed by atoms with Gasteiger partial charge in [0.25, 0.3) is 0 Å². The van der Waals surface area contributed by atoms with Gasteiger partial charge in [-0.05, 0) is 26.3 Å². The minimum absolute atomic E-state index is 0.000874. The van der Waals surface area contributed by atoms with E-state index in [2.05, 4.69) is 10.4 Å². The maximum atomic E-state index is 12.2. The third kappa shape index (κ3) is 4.23. The van der Waals surface area contributed by atoms with Crippen molar-refractivity contribution >= 4 is 6.03 Å². The van der Waals surface area contributed by atoms with Gasteiger partial charge in [0.15, 0.2) is 0 Å². The molecule has 2 rings (SSSR count). The fourth-order valence-corrected chi connectivity index (χ4v) is 2.43. The fraction of sp³-hybridized carbons (Fsp3) is 0.714. The number of ether oxygens (including phenoxy) is 1. The number of hydrogen-bond donors (Lipinski definition) is 1. The Morgan fingerprint density at radius 2 is 2.50 bits per heavy atom. The molecule has 0 radical (unpaired) electrons. The number of rotatable bonds is 6. The third-order valence-electron chi connectivity index (χ3n) is 3.56. The lowest BCUT2D eigenvalue weighted by Gasteiger charge is -2.26. The summed E-state index contributed by atoms with van der Waals surface area (Å²) in [7, 11) is 0. The van der Waals surface area contributed by atoms with Gasteiger partial charge in [-0.1, -0.05) is 0 Å². The van der Waals surface area contributed by atoms with Crippen molar-refractivity contribution in [1.29, 1.82) is 0 Å². The van der Waals surface area contributed by atoms with Crippen molar-refractivity contribution in [2.75, 3.05) is 26.3 Å². The smallest absolute Gasteiger partial charge is 0.317 e. The second kappa shape index (κ2) is 7.28. The molecular weight excluding hydrogens is 256 g/mol. The predicted molar refractivity (Wildman–Crippen MR) is 76.4 cm³/mol. The lowest BCUT2D eigenvalue weighted by Crippen LogP contribution is -2.46. The fourth-order valence-electron chi connectivity index (χ4n) is 2.43. The molecular formula is C14H24N4O2. The van der Waals surface area contributed by atoms with E-state index >= 15 is 0 Å². The van der Waals surface area contributed by atoms with Crippen LogP contribution < -0.4 is 5.32 Å². The van der Waals surface area contributed by atoms with Crippen LogP contribution in [0.4, 0.5) is 4.79 Å². The lowest BCUT2D eigenvalue weighted by molar-refractivity contribution is 0.164. The van der Waals surface area contributed by atoms with Crippen LogP contribution in [0, 0.1) is 5.92 Å². The zero-order valence-electron chi connectivity index (χ0n) is 12.3. The molecule has 1 aliphatic heterocycles. The number of nitrogens with one attached hydrogen (secondary N) is 1. The van der Waals surface area contributed by atoms with Gasteiger partial charge < -0.3 is 15.0 Å². The highest BCUT2D eigenvalue weighted by molar-refractivity contribution is 5.74. The standard InChI is InChI=1S/C14H24N4O2/c1-3-17(10-13-5-8-20-11-13)14(19)16-12(2)9-18-7-4-6-15-18/h4,6-7,12-13H,3,5,8-11H2,1-2H3,(H,16,19)/t12-,13+/m0/s1. The molecule has 1 aromatic heterocycles. The topological polar surface area (TPSA) is 59.4 Å². The molecule has 1 saturated heterocycles. The normalized spacial score (nSPS) is 19.8. The van der Waals surface area contributed by atoms with Gasteiger partial charge in [-0.3, -0.25) is 4.68 Å².